The molecule has 5 N–H and O–H groups in total. The van der Waals surface area contributed by atoms with E-state index in [4.69, 9.17) is 14.6 Å². The molecule has 130 valence electrons. The van der Waals surface area contributed by atoms with E-state index in [1.165, 1.54) is 6.92 Å². The van der Waals surface area contributed by atoms with Crippen LogP contribution in [0.1, 0.15) is 12.5 Å². The van der Waals surface area contributed by atoms with E-state index in [1.807, 2.05) is 0 Å². The van der Waals surface area contributed by atoms with Crippen molar-refractivity contribution < 1.29 is 39.5 Å². The number of anilines is 1. The molecular weight excluding hydrogens is 322 g/mol. The van der Waals surface area contributed by atoms with Crippen LogP contribution in [-0.2, 0) is 24.7 Å². The number of nitrogens with one attached hydrogen (secondary N) is 1. The van der Waals surface area contributed by atoms with E-state index >= 15 is 0 Å². The molecule has 2 heterocycles. The molecule has 0 aliphatic carbocycles. The van der Waals surface area contributed by atoms with Gasteiger partial charge in [0, 0.05) is 11.3 Å². The maximum absolute atomic E-state index is 12.3. The molecule has 2 aliphatic rings. The fourth-order valence-corrected chi connectivity index (χ4v) is 2.87. The fraction of sp³-hybridized carbons (Fsp3) is 0.467. The van der Waals surface area contributed by atoms with E-state index in [1.54, 1.807) is 24.3 Å². The summed E-state index contributed by atoms with van der Waals surface area (Å²) in [6, 6.07) is 6.72. The number of carbonyl (C=O) groups is 2. The third-order valence-corrected chi connectivity index (χ3v) is 4.29. The zero-order chi connectivity index (χ0) is 17.6. The van der Waals surface area contributed by atoms with Crippen molar-refractivity contribution in [3.63, 3.8) is 0 Å². The fourth-order valence-electron chi connectivity index (χ4n) is 2.87. The standard InChI is InChI=1S/C15H17NO8/c1-15(6-4-2-3-5-7(6)16-14(15)22)24-13-10(19)8(17)9(18)11(23-13)12(20)21/h2-5,8-11,13,17-19H,1H3,(H,16,22)(H,20,21)/t8-,9-,10+,11-,13-,15+/m0/s1. The van der Waals surface area contributed by atoms with Crippen molar-refractivity contribution in [3.8, 4) is 0 Å². The highest BCUT2D eigenvalue weighted by Gasteiger charge is 2.52. The van der Waals surface area contributed by atoms with Gasteiger partial charge in [-0.15, -0.1) is 0 Å². The van der Waals surface area contributed by atoms with Gasteiger partial charge >= 0.3 is 5.97 Å². The Morgan fingerprint density at radius 1 is 1.21 bits per heavy atom. The van der Waals surface area contributed by atoms with Crippen molar-refractivity contribution in [1.29, 1.82) is 0 Å². The molecule has 1 aromatic rings. The Balaban J connectivity index is 1.89. The maximum atomic E-state index is 12.3. The van der Waals surface area contributed by atoms with E-state index in [9.17, 15) is 24.9 Å². The van der Waals surface area contributed by atoms with Crippen LogP contribution in [-0.4, -0.2) is 63.0 Å². The summed E-state index contributed by atoms with van der Waals surface area (Å²) in [4.78, 5) is 23.4. The number of carbonyl (C=O) groups excluding carboxylic acids is 1. The molecular formula is C15H17NO8. The van der Waals surface area contributed by atoms with Gasteiger partial charge in [-0.25, -0.2) is 4.79 Å². The molecule has 0 radical (unpaired) electrons. The highest BCUT2D eigenvalue weighted by molar-refractivity contribution is 6.04. The Morgan fingerprint density at radius 3 is 2.54 bits per heavy atom. The first-order valence-corrected chi connectivity index (χ1v) is 7.27. The predicted octanol–water partition coefficient (Wildman–Crippen LogP) is -1.24. The second kappa shape index (κ2) is 5.80. The number of fused-ring (bicyclic) bond motifs is 1. The Bertz CT molecular complexity index is 679. The molecule has 0 unspecified atom stereocenters. The molecule has 6 atom stereocenters. The highest BCUT2D eigenvalue weighted by atomic mass is 16.7. The summed E-state index contributed by atoms with van der Waals surface area (Å²) < 4.78 is 10.6. The summed E-state index contributed by atoms with van der Waals surface area (Å²) in [5, 5.41) is 41.2. The number of aliphatic carboxylic acids is 1. The molecule has 1 saturated heterocycles. The molecule has 3 rings (SSSR count). The minimum atomic E-state index is -1.82. The number of carboxylic acids is 1. The van der Waals surface area contributed by atoms with Crippen LogP contribution in [0.2, 0.25) is 0 Å². The van der Waals surface area contributed by atoms with Gasteiger partial charge in [-0.1, -0.05) is 18.2 Å². The molecule has 0 bridgehead atoms. The van der Waals surface area contributed by atoms with Crippen LogP contribution >= 0.6 is 0 Å². The Kier molecular flexibility index (Phi) is 4.06. The SMILES string of the molecule is C[C@]1(O[C@@H]2O[C@H](C(=O)O)[C@@H](O)[C@H](O)[C@H]2O)C(=O)Nc2ccccc21. The molecule has 1 amide bonds. The first-order valence-electron chi connectivity index (χ1n) is 7.27. The summed E-state index contributed by atoms with van der Waals surface area (Å²) in [6.07, 6.45) is -8.76. The van der Waals surface area contributed by atoms with E-state index in [0.717, 1.165) is 0 Å². The van der Waals surface area contributed by atoms with E-state index < -0.39 is 48.2 Å². The number of amides is 1. The zero-order valence-corrected chi connectivity index (χ0v) is 12.6. The first-order chi connectivity index (χ1) is 11.3. The monoisotopic (exact) mass is 339 g/mol. The molecule has 0 aromatic heterocycles. The van der Waals surface area contributed by atoms with Gasteiger partial charge in [0.2, 0.25) is 0 Å². The van der Waals surface area contributed by atoms with Crippen molar-refractivity contribution in [3.05, 3.63) is 29.8 Å². The summed E-state index contributed by atoms with van der Waals surface area (Å²) in [5.74, 6) is -2.05. The smallest absolute Gasteiger partial charge is 0.335 e. The Morgan fingerprint density at radius 2 is 1.88 bits per heavy atom. The molecule has 9 nitrogen and oxygen atoms in total. The van der Waals surface area contributed by atoms with Gasteiger partial charge in [0.25, 0.3) is 5.91 Å². The lowest BCUT2D eigenvalue weighted by Crippen LogP contribution is -2.61. The van der Waals surface area contributed by atoms with Crippen LogP contribution in [0.15, 0.2) is 24.3 Å². The van der Waals surface area contributed by atoms with Crippen LogP contribution in [0.25, 0.3) is 0 Å². The van der Waals surface area contributed by atoms with Gasteiger partial charge in [-0.3, -0.25) is 4.79 Å². The maximum Gasteiger partial charge on any atom is 0.335 e. The number of ether oxygens (including phenoxy) is 2. The molecule has 0 saturated carbocycles. The topological polar surface area (TPSA) is 146 Å². The van der Waals surface area contributed by atoms with Gasteiger partial charge in [0.15, 0.2) is 18.0 Å². The summed E-state index contributed by atoms with van der Waals surface area (Å²) >= 11 is 0. The molecule has 1 aromatic carbocycles. The summed E-state index contributed by atoms with van der Waals surface area (Å²) in [5.41, 5.74) is -0.545. The number of hydrogen-bond acceptors (Lipinski definition) is 7. The van der Waals surface area contributed by atoms with Gasteiger partial charge in [0.05, 0.1) is 0 Å². The van der Waals surface area contributed by atoms with Gasteiger partial charge < -0.3 is 35.2 Å². The van der Waals surface area contributed by atoms with Crippen LogP contribution < -0.4 is 5.32 Å². The van der Waals surface area contributed by atoms with E-state index in [-0.39, 0.29) is 0 Å². The third-order valence-electron chi connectivity index (χ3n) is 4.29. The Hall–Kier alpha value is -2.04. The first kappa shape index (κ1) is 16.8. The van der Waals surface area contributed by atoms with Crippen molar-refractivity contribution in [2.75, 3.05) is 5.32 Å². The third kappa shape index (κ3) is 2.46. The van der Waals surface area contributed by atoms with Gasteiger partial charge in [-0.05, 0) is 13.0 Å². The lowest BCUT2D eigenvalue weighted by molar-refractivity contribution is -0.314. The zero-order valence-electron chi connectivity index (χ0n) is 12.6. The molecule has 1 fully saturated rings. The molecule has 24 heavy (non-hydrogen) atoms. The van der Waals surface area contributed by atoms with Crippen LogP contribution in [0.5, 0.6) is 0 Å². The average Bonchev–Trinajstić information content (AvgIpc) is 2.79. The summed E-state index contributed by atoms with van der Waals surface area (Å²) in [7, 11) is 0. The second-order valence-electron chi connectivity index (χ2n) is 5.89. The number of para-hydroxylation sites is 1. The summed E-state index contributed by atoms with van der Waals surface area (Å²) in [6.45, 7) is 1.44. The number of aliphatic hydroxyl groups is 3. The second-order valence-corrected chi connectivity index (χ2v) is 5.89. The van der Waals surface area contributed by atoms with Crippen LogP contribution in [0.4, 0.5) is 5.69 Å². The van der Waals surface area contributed by atoms with Crippen molar-refractivity contribution in [1.82, 2.24) is 0 Å². The van der Waals surface area contributed by atoms with Crippen LogP contribution in [0, 0.1) is 0 Å². The van der Waals surface area contributed by atoms with Crippen molar-refractivity contribution in [2.24, 2.45) is 0 Å². The number of hydrogen-bond donors (Lipinski definition) is 5. The minimum absolute atomic E-state index is 0.485. The lowest BCUT2D eigenvalue weighted by atomic mass is 9.95. The molecule has 9 heteroatoms. The molecule has 2 aliphatic heterocycles. The number of aliphatic hydroxyl groups excluding tert-OH is 3. The highest BCUT2D eigenvalue weighted by Crippen LogP contribution is 2.40. The average molecular weight is 339 g/mol. The van der Waals surface area contributed by atoms with E-state index in [2.05, 4.69) is 5.32 Å². The number of benzene rings is 1. The predicted molar refractivity (Wildman–Crippen MR) is 77.8 cm³/mol. The lowest BCUT2D eigenvalue weighted by Gasteiger charge is -2.41. The number of rotatable bonds is 3. The van der Waals surface area contributed by atoms with Crippen LogP contribution in [0.3, 0.4) is 0 Å². The number of carboxylic acid groups (broad SMARTS) is 1. The van der Waals surface area contributed by atoms with Gasteiger partial charge in [-0.2, -0.15) is 0 Å². The van der Waals surface area contributed by atoms with Crippen molar-refractivity contribution >= 4 is 17.6 Å². The van der Waals surface area contributed by atoms with Gasteiger partial charge in [0.1, 0.15) is 18.3 Å². The normalized spacial score (nSPS) is 38.5. The molecule has 0 spiro atoms. The minimum Gasteiger partial charge on any atom is -0.479 e. The quantitative estimate of drug-likeness (QED) is 0.460. The van der Waals surface area contributed by atoms with Crippen molar-refractivity contribution in [2.45, 2.75) is 43.2 Å². The Labute approximate surface area is 136 Å². The largest absolute Gasteiger partial charge is 0.479 e. The van der Waals surface area contributed by atoms with E-state index in [0.29, 0.717) is 11.3 Å².